The lowest BCUT2D eigenvalue weighted by Gasteiger charge is -2.06. The van der Waals surface area contributed by atoms with Crippen molar-refractivity contribution in [2.45, 2.75) is 20.0 Å². The third-order valence-corrected chi connectivity index (χ3v) is 3.31. The van der Waals surface area contributed by atoms with Crippen molar-refractivity contribution in [1.82, 2.24) is 15.1 Å². The van der Waals surface area contributed by atoms with Gasteiger partial charge in [-0.2, -0.15) is 4.68 Å². The number of nitrogens with one attached hydrogen (secondary N) is 1. The highest BCUT2D eigenvalue weighted by Crippen LogP contribution is 2.10. The first kappa shape index (κ1) is 17.1. The van der Waals surface area contributed by atoms with E-state index in [1.807, 2.05) is 0 Å². The molecule has 0 fully saturated rings. The monoisotopic (exact) mass is 332 g/mol. The number of amides is 1. The predicted octanol–water partition coefficient (Wildman–Crippen LogP) is 1.20. The lowest BCUT2D eigenvalue weighted by atomic mass is 10.1. The fourth-order valence-electron chi connectivity index (χ4n) is 2.01. The van der Waals surface area contributed by atoms with Gasteiger partial charge >= 0.3 is 11.8 Å². The molecule has 2 rings (SSSR count). The predicted molar refractivity (Wildman–Crippen MR) is 83.2 cm³/mol. The highest BCUT2D eigenvalue weighted by atomic mass is 16.6. The minimum atomic E-state index is -0.607. The van der Waals surface area contributed by atoms with Crippen molar-refractivity contribution in [3.63, 3.8) is 0 Å². The van der Waals surface area contributed by atoms with Gasteiger partial charge in [0.05, 0.1) is 29.5 Å². The number of benzene rings is 1. The normalized spacial score (nSPS) is 10.2. The van der Waals surface area contributed by atoms with Crippen LogP contribution in [0.1, 0.15) is 21.6 Å². The molecule has 9 heteroatoms. The van der Waals surface area contributed by atoms with Crippen LogP contribution < -0.4 is 5.32 Å². The van der Waals surface area contributed by atoms with Crippen LogP contribution in [0.5, 0.6) is 0 Å². The first-order valence-electron chi connectivity index (χ1n) is 7.03. The van der Waals surface area contributed by atoms with Crippen molar-refractivity contribution in [2.75, 3.05) is 7.11 Å². The second-order valence-corrected chi connectivity index (χ2v) is 5.02. The van der Waals surface area contributed by atoms with E-state index in [1.165, 1.54) is 17.9 Å². The molecule has 1 N–H and O–H groups in total. The van der Waals surface area contributed by atoms with Gasteiger partial charge in [-0.15, -0.1) is 0 Å². The van der Waals surface area contributed by atoms with Gasteiger partial charge in [0.25, 0.3) is 0 Å². The Morgan fingerprint density at radius 2 is 2.00 bits per heavy atom. The van der Waals surface area contributed by atoms with Crippen LogP contribution in [0.4, 0.5) is 5.82 Å². The van der Waals surface area contributed by atoms with Crippen molar-refractivity contribution < 1.29 is 19.2 Å². The number of aromatic nitrogens is 2. The van der Waals surface area contributed by atoms with Crippen molar-refractivity contribution >= 4 is 17.7 Å². The molecule has 0 aliphatic heterocycles. The fourth-order valence-corrected chi connectivity index (χ4v) is 2.01. The SMILES string of the molecule is COC(=O)c1ccc(CNC(=O)Cn2nc([N+](=O)[O-])cc2C)cc1. The molecule has 0 radical (unpaired) electrons. The molecule has 0 unspecified atom stereocenters. The highest BCUT2D eigenvalue weighted by Gasteiger charge is 2.17. The van der Waals surface area contributed by atoms with E-state index in [0.717, 1.165) is 5.56 Å². The maximum absolute atomic E-state index is 11.9. The number of carbonyl (C=O) groups excluding carboxylic acids is 2. The van der Waals surface area contributed by atoms with Gasteiger partial charge in [-0.25, -0.2) is 4.79 Å². The third-order valence-electron chi connectivity index (χ3n) is 3.31. The summed E-state index contributed by atoms with van der Waals surface area (Å²) in [5, 5.41) is 17.1. The van der Waals surface area contributed by atoms with E-state index in [4.69, 9.17) is 0 Å². The molecule has 0 aliphatic rings. The third kappa shape index (κ3) is 4.15. The molecule has 0 saturated carbocycles. The first-order valence-corrected chi connectivity index (χ1v) is 7.03. The van der Waals surface area contributed by atoms with Crippen LogP contribution in [0.25, 0.3) is 0 Å². The Kier molecular flexibility index (Phi) is 5.25. The minimum absolute atomic E-state index is 0.111. The zero-order chi connectivity index (χ0) is 17.7. The number of nitrogens with zero attached hydrogens (tertiary/aromatic N) is 3. The van der Waals surface area contributed by atoms with Crippen molar-refractivity contribution in [3.05, 3.63) is 57.3 Å². The van der Waals surface area contributed by atoms with Crippen LogP contribution in [0.15, 0.2) is 30.3 Å². The standard InChI is InChI=1S/C15H16N4O5/c1-10-7-13(19(22)23)17-18(10)9-14(20)16-8-11-3-5-12(6-4-11)15(21)24-2/h3-7H,8-9H2,1-2H3,(H,16,20). The summed E-state index contributed by atoms with van der Waals surface area (Å²) in [5.74, 6) is -1.05. The minimum Gasteiger partial charge on any atom is -0.465 e. The van der Waals surface area contributed by atoms with Crippen molar-refractivity contribution in [1.29, 1.82) is 0 Å². The van der Waals surface area contributed by atoms with Crippen LogP contribution >= 0.6 is 0 Å². The summed E-state index contributed by atoms with van der Waals surface area (Å²) in [6, 6.07) is 7.93. The number of rotatable bonds is 6. The maximum Gasteiger partial charge on any atom is 0.390 e. The van der Waals surface area contributed by atoms with Crippen LogP contribution in [-0.2, 0) is 22.6 Å². The summed E-state index contributed by atoms with van der Waals surface area (Å²) in [6.45, 7) is 1.79. The molecular formula is C15H16N4O5. The Hall–Kier alpha value is -3.23. The Balaban J connectivity index is 1.91. The Morgan fingerprint density at radius 1 is 1.33 bits per heavy atom. The summed E-state index contributed by atoms with van der Waals surface area (Å²) >= 11 is 0. The Bertz CT molecular complexity index is 767. The van der Waals surface area contributed by atoms with Gasteiger partial charge < -0.3 is 20.2 Å². The van der Waals surface area contributed by atoms with Gasteiger partial charge in [-0.3, -0.25) is 4.79 Å². The molecule has 24 heavy (non-hydrogen) atoms. The fraction of sp³-hybridized carbons (Fsp3) is 0.267. The van der Waals surface area contributed by atoms with Gasteiger partial charge in [-0.05, 0) is 29.5 Å². The van der Waals surface area contributed by atoms with Crippen LogP contribution in [0.3, 0.4) is 0 Å². The van der Waals surface area contributed by atoms with E-state index in [2.05, 4.69) is 15.2 Å². The molecule has 0 bridgehead atoms. The number of ether oxygens (including phenoxy) is 1. The molecule has 0 atom stereocenters. The van der Waals surface area contributed by atoms with E-state index in [0.29, 0.717) is 11.3 Å². The number of hydrogen-bond donors (Lipinski definition) is 1. The molecule has 9 nitrogen and oxygen atoms in total. The first-order chi connectivity index (χ1) is 11.4. The smallest absolute Gasteiger partial charge is 0.390 e. The van der Waals surface area contributed by atoms with E-state index >= 15 is 0 Å². The second-order valence-electron chi connectivity index (χ2n) is 5.02. The van der Waals surface area contributed by atoms with E-state index in [-0.39, 0.29) is 24.8 Å². The molecule has 2 aromatic rings. The Labute approximate surface area is 137 Å². The van der Waals surface area contributed by atoms with Gasteiger partial charge in [-0.1, -0.05) is 12.1 Å². The van der Waals surface area contributed by atoms with Crippen LogP contribution in [0.2, 0.25) is 0 Å². The molecule has 126 valence electrons. The molecular weight excluding hydrogens is 316 g/mol. The number of nitro groups is 1. The summed E-state index contributed by atoms with van der Waals surface area (Å²) in [4.78, 5) is 33.3. The molecule has 1 aromatic carbocycles. The van der Waals surface area contributed by atoms with Gasteiger partial charge in [0.1, 0.15) is 6.54 Å². The number of hydrogen-bond acceptors (Lipinski definition) is 6. The summed E-state index contributed by atoms with van der Waals surface area (Å²) in [5.41, 5.74) is 1.76. The van der Waals surface area contributed by atoms with Crippen molar-refractivity contribution in [2.24, 2.45) is 0 Å². The molecule has 1 heterocycles. The second kappa shape index (κ2) is 7.36. The zero-order valence-corrected chi connectivity index (χ0v) is 13.2. The van der Waals surface area contributed by atoms with Gasteiger partial charge in [0.15, 0.2) is 0 Å². The largest absolute Gasteiger partial charge is 0.465 e. The number of aryl methyl sites for hydroxylation is 1. The maximum atomic E-state index is 11.9. The summed E-state index contributed by atoms with van der Waals surface area (Å²) in [6.07, 6.45) is 0. The number of esters is 1. The molecule has 1 aromatic heterocycles. The average Bonchev–Trinajstić information content (AvgIpc) is 2.94. The molecule has 1 amide bonds. The van der Waals surface area contributed by atoms with E-state index < -0.39 is 10.9 Å². The van der Waals surface area contributed by atoms with Gasteiger partial charge in [0.2, 0.25) is 5.91 Å². The molecule has 0 spiro atoms. The summed E-state index contributed by atoms with van der Waals surface area (Å²) < 4.78 is 5.88. The topological polar surface area (TPSA) is 116 Å². The van der Waals surface area contributed by atoms with Crippen LogP contribution in [-0.4, -0.2) is 33.7 Å². The van der Waals surface area contributed by atoms with Crippen molar-refractivity contribution in [3.8, 4) is 0 Å². The van der Waals surface area contributed by atoms with E-state index in [9.17, 15) is 19.7 Å². The quantitative estimate of drug-likeness (QED) is 0.483. The molecule has 0 aliphatic carbocycles. The zero-order valence-electron chi connectivity index (χ0n) is 13.2. The molecule has 0 saturated heterocycles. The van der Waals surface area contributed by atoms with E-state index in [1.54, 1.807) is 31.2 Å². The van der Waals surface area contributed by atoms with Gasteiger partial charge in [0, 0.05) is 6.54 Å². The highest BCUT2D eigenvalue weighted by molar-refractivity contribution is 5.89. The Morgan fingerprint density at radius 3 is 2.54 bits per heavy atom. The average molecular weight is 332 g/mol. The lowest BCUT2D eigenvalue weighted by molar-refractivity contribution is -0.389. The summed E-state index contributed by atoms with van der Waals surface area (Å²) in [7, 11) is 1.30. The van der Waals surface area contributed by atoms with Crippen LogP contribution in [0, 0.1) is 17.0 Å². The number of methoxy groups -OCH3 is 1. The number of carbonyl (C=O) groups is 2. The lowest BCUT2D eigenvalue weighted by Crippen LogP contribution is -2.28.